The van der Waals surface area contributed by atoms with Gasteiger partial charge in [0, 0.05) is 34.9 Å². The Bertz CT molecular complexity index is 600. The van der Waals surface area contributed by atoms with Crippen molar-refractivity contribution in [3.63, 3.8) is 0 Å². The summed E-state index contributed by atoms with van der Waals surface area (Å²) < 4.78 is 22.7. The second-order valence-electron chi connectivity index (χ2n) is 5.02. The molecule has 0 saturated heterocycles. The lowest BCUT2D eigenvalue weighted by Gasteiger charge is -2.18. The molecular formula is C13H17Cl2NO3S. The molecule has 0 radical (unpaired) electrons. The Balaban J connectivity index is 3.02. The van der Waals surface area contributed by atoms with Crippen LogP contribution >= 0.6 is 22.3 Å². The largest absolute Gasteiger partial charge is 0.342 e. The number of carbonyl (C=O) groups excluding carboxylic acids is 1. The van der Waals surface area contributed by atoms with E-state index in [-0.39, 0.29) is 21.4 Å². The van der Waals surface area contributed by atoms with Crippen LogP contribution in [0.15, 0.2) is 23.1 Å². The van der Waals surface area contributed by atoms with Crippen LogP contribution in [0.2, 0.25) is 5.02 Å². The zero-order valence-electron chi connectivity index (χ0n) is 11.6. The highest BCUT2D eigenvalue weighted by molar-refractivity contribution is 8.13. The number of carbonyl (C=O) groups is 1. The highest BCUT2D eigenvalue weighted by Crippen LogP contribution is 2.22. The van der Waals surface area contributed by atoms with Crippen LogP contribution in [0.5, 0.6) is 0 Å². The number of hydrogen-bond donors (Lipinski definition) is 0. The molecule has 0 saturated carbocycles. The molecule has 1 aromatic carbocycles. The van der Waals surface area contributed by atoms with Gasteiger partial charge < -0.3 is 4.90 Å². The van der Waals surface area contributed by atoms with Gasteiger partial charge in [0.2, 0.25) is 0 Å². The third-order valence-corrected chi connectivity index (χ3v) is 4.34. The second-order valence-corrected chi connectivity index (χ2v) is 8.03. The molecule has 0 unspecified atom stereocenters. The van der Waals surface area contributed by atoms with Crippen molar-refractivity contribution in [3.8, 4) is 0 Å². The van der Waals surface area contributed by atoms with Crippen molar-refractivity contribution in [2.45, 2.75) is 25.2 Å². The minimum Gasteiger partial charge on any atom is -0.342 e. The molecule has 20 heavy (non-hydrogen) atoms. The third-order valence-electron chi connectivity index (χ3n) is 2.79. The normalized spacial score (nSPS) is 11.7. The van der Waals surface area contributed by atoms with Gasteiger partial charge in [-0.2, -0.15) is 0 Å². The van der Waals surface area contributed by atoms with E-state index in [1.807, 2.05) is 0 Å². The summed E-state index contributed by atoms with van der Waals surface area (Å²) in [5, 5.41) is 0.160. The maximum absolute atomic E-state index is 12.2. The van der Waals surface area contributed by atoms with Crippen LogP contribution in [0.4, 0.5) is 0 Å². The van der Waals surface area contributed by atoms with E-state index in [2.05, 4.69) is 13.8 Å². The predicted molar refractivity (Wildman–Crippen MR) is 80.9 cm³/mol. The molecule has 1 rings (SSSR count). The Morgan fingerprint density at radius 1 is 1.30 bits per heavy atom. The zero-order chi connectivity index (χ0) is 15.5. The lowest BCUT2D eigenvalue weighted by Crippen LogP contribution is -2.28. The Labute approximate surface area is 129 Å². The van der Waals surface area contributed by atoms with E-state index in [0.717, 1.165) is 6.42 Å². The Morgan fingerprint density at radius 2 is 1.90 bits per heavy atom. The van der Waals surface area contributed by atoms with Crippen molar-refractivity contribution >= 4 is 37.2 Å². The Morgan fingerprint density at radius 3 is 2.40 bits per heavy atom. The number of nitrogens with zero attached hydrogens (tertiary/aromatic N) is 1. The van der Waals surface area contributed by atoms with Gasteiger partial charge in [0.25, 0.3) is 15.0 Å². The third kappa shape index (κ3) is 4.96. The molecule has 0 spiro atoms. The predicted octanol–water partition coefficient (Wildman–Crippen LogP) is 3.39. The summed E-state index contributed by atoms with van der Waals surface area (Å²) in [5.74, 6) is 0.193. The van der Waals surface area contributed by atoms with E-state index < -0.39 is 9.05 Å². The number of halogens is 2. The fourth-order valence-corrected chi connectivity index (χ4v) is 2.70. The quantitative estimate of drug-likeness (QED) is 0.774. The molecule has 0 atom stereocenters. The van der Waals surface area contributed by atoms with Gasteiger partial charge in [-0.15, -0.1) is 0 Å². The Kier molecular flexibility index (Phi) is 5.86. The summed E-state index contributed by atoms with van der Waals surface area (Å²) in [6, 6.07) is 3.89. The molecule has 0 aliphatic rings. The Hall–Kier alpha value is -0.780. The molecule has 0 aliphatic heterocycles. The topological polar surface area (TPSA) is 54.5 Å². The second kappa shape index (κ2) is 6.78. The van der Waals surface area contributed by atoms with Crippen LogP contribution in [-0.4, -0.2) is 32.8 Å². The van der Waals surface area contributed by atoms with E-state index in [0.29, 0.717) is 12.5 Å². The number of benzene rings is 1. The van der Waals surface area contributed by atoms with E-state index in [9.17, 15) is 13.2 Å². The molecule has 7 heteroatoms. The van der Waals surface area contributed by atoms with Gasteiger partial charge in [-0.3, -0.25) is 4.79 Å². The van der Waals surface area contributed by atoms with Gasteiger partial charge in [0.05, 0.1) is 4.90 Å². The average molecular weight is 338 g/mol. The smallest absolute Gasteiger partial charge is 0.261 e. The summed E-state index contributed by atoms with van der Waals surface area (Å²) in [6.45, 7) is 4.72. The summed E-state index contributed by atoms with van der Waals surface area (Å²) in [4.78, 5) is 13.6. The first-order chi connectivity index (χ1) is 9.11. The van der Waals surface area contributed by atoms with E-state index >= 15 is 0 Å². The summed E-state index contributed by atoms with van der Waals surface area (Å²) in [5.41, 5.74) is 0.211. The summed E-state index contributed by atoms with van der Waals surface area (Å²) in [6.07, 6.45) is 0.865. The van der Waals surface area contributed by atoms with Crippen LogP contribution in [0.3, 0.4) is 0 Å². The first kappa shape index (κ1) is 17.3. The molecular weight excluding hydrogens is 321 g/mol. The van der Waals surface area contributed by atoms with E-state index in [4.69, 9.17) is 22.3 Å². The van der Waals surface area contributed by atoms with Crippen LogP contribution in [0, 0.1) is 5.92 Å². The van der Waals surface area contributed by atoms with E-state index in [1.165, 1.54) is 23.1 Å². The van der Waals surface area contributed by atoms with Crippen molar-refractivity contribution in [1.82, 2.24) is 4.90 Å². The molecule has 0 aliphatic carbocycles. The van der Waals surface area contributed by atoms with Crippen molar-refractivity contribution in [1.29, 1.82) is 0 Å². The summed E-state index contributed by atoms with van der Waals surface area (Å²) in [7, 11) is 3.03. The van der Waals surface area contributed by atoms with Crippen LogP contribution in [0.25, 0.3) is 0 Å². The van der Waals surface area contributed by atoms with Gasteiger partial charge in [0.1, 0.15) is 0 Å². The van der Waals surface area contributed by atoms with Crippen molar-refractivity contribution in [3.05, 3.63) is 28.8 Å². The van der Waals surface area contributed by atoms with Gasteiger partial charge in [0.15, 0.2) is 0 Å². The van der Waals surface area contributed by atoms with Crippen molar-refractivity contribution < 1.29 is 13.2 Å². The zero-order valence-corrected chi connectivity index (χ0v) is 13.9. The molecule has 0 heterocycles. The molecule has 4 nitrogen and oxygen atoms in total. The fraction of sp³-hybridized carbons (Fsp3) is 0.462. The maximum Gasteiger partial charge on any atom is 0.261 e. The number of rotatable bonds is 5. The standard InChI is InChI=1S/C13H17Cl2NO3S/c1-9(2)4-5-16(3)13(17)10-6-11(14)8-12(7-10)20(15,18)19/h6-9H,4-5H2,1-3H3. The molecule has 0 bridgehead atoms. The van der Waals surface area contributed by atoms with Gasteiger partial charge >= 0.3 is 0 Å². The van der Waals surface area contributed by atoms with Crippen molar-refractivity contribution in [2.75, 3.05) is 13.6 Å². The molecule has 0 aromatic heterocycles. The van der Waals surface area contributed by atoms with Gasteiger partial charge in [-0.05, 0) is 30.5 Å². The van der Waals surface area contributed by atoms with Crippen LogP contribution in [0.1, 0.15) is 30.6 Å². The molecule has 112 valence electrons. The van der Waals surface area contributed by atoms with Crippen LogP contribution < -0.4 is 0 Å². The fourth-order valence-electron chi connectivity index (χ4n) is 1.60. The van der Waals surface area contributed by atoms with Gasteiger partial charge in [-0.1, -0.05) is 25.4 Å². The number of hydrogen-bond acceptors (Lipinski definition) is 3. The van der Waals surface area contributed by atoms with Crippen molar-refractivity contribution in [2.24, 2.45) is 5.92 Å². The first-order valence-electron chi connectivity index (χ1n) is 6.12. The molecule has 0 fully saturated rings. The summed E-state index contributed by atoms with van der Waals surface area (Å²) >= 11 is 5.84. The highest BCUT2D eigenvalue weighted by atomic mass is 35.7. The SMILES string of the molecule is CC(C)CCN(C)C(=O)c1cc(Cl)cc(S(=O)(=O)Cl)c1. The van der Waals surface area contributed by atoms with Gasteiger partial charge in [-0.25, -0.2) is 8.42 Å². The lowest BCUT2D eigenvalue weighted by molar-refractivity contribution is 0.0789. The lowest BCUT2D eigenvalue weighted by atomic mass is 10.1. The molecule has 0 N–H and O–H groups in total. The molecule has 1 aromatic rings. The number of amides is 1. The van der Waals surface area contributed by atoms with E-state index in [1.54, 1.807) is 7.05 Å². The maximum atomic E-state index is 12.2. The highest BCUT2D eigenvalue weighted by Gasteiger charge is 2.18. The van der Waals surface area contributed by atoms with Crippen LogP contribution in [-0.2, 0) is 9.05 Å². The first-order valence-corrected chi connectivity index (χ1v) is 8.80. The average Bonchev–Trinajstić information content (AvgIpc) is 2.33. The minimum absolute atomic E-state index is 0.160. The monoisotopic (exact) mass is 337 g/mol. The molecule has 1 amide bonds. The minimum atomic E-state index is -3.92.